The number of methoxy groups -OCH3 is 1. The van der Waals surface area contributed by atoms with Crippen LogP contribution in [0.2, 0.25) is 0 Å². The van der Waals surface area contributed by atoms with Crippen LogP contribution >= 0.6 is 15.9 Å². The molecule has 21 heavy (non-hydrogen) atoms. The summed E-state index contributed by atoms with van der Waals surface area (Å²) in [5, 5.41) is 0. The zero-order valence-corrected chi connectivity index (χ0v) is 14.1. The van der Waals surface area contributed by atoms with Gasteiger partial charge in [0.15, 0.2) is 6.29 Å². The molecule has 0 radical (unpaired) electrons. The van der Waals surface area contributed by atoms with Crippen LogP contribution < -0.4 is 0 Å². The van der Waals surface area contributed by atoms with Crippen molar-refractivity contribution in [1.82, 2.24) is 0 Å². The zero-order chi connectivity index (χ0) is 15.1. The molecule has 0 saturated carbocycles. The summed E-state index contributed by atoms with van der Waals surface area (Å²) in [4.78, 5) is 0.0531. The highest BCUT2D eigenvalue weighted by atomic mass is 79.9. The lowest BCUT2D eigenvalue weighted by atomic mass is 10.0. The summed E-state index contributed by atoms with van der Waals surface area (Å²) >= 11 is 3.73. The Morgan fingerprint density at radius 2 is 2.33 bits per heavy atom. The van der Waals surface area contributed by atoms with E-state index in [1.54, 1.807) is 7.11 Å². The number of rotatable bonds is 7. The van der Waals surface area contributed by atoms with Crippen LogP contribution in [-0.4, -0.2) is 26.1 Å². The van der Waals surface area contributed by atoms with E-state index in [4.69, 9.17) is 14.2 Å². The topological polar surface area (TPSA) is 27.7 Å². The summed E-state index contributed by atoms with van der Waals surface area (Å²) in [6.07, 6.45) is 4.82. The second-order valence-corrected chi connectivity index (χ2v) is 6.20. The van der Waals surface area contributed by atoms with Crippen LogP contribution in [0.1, 0.15) is 35.2 Å². The van der Waals surface area contributed by atoms with E-state index >= 15 is 0 Å². The molecule has 4 heteroatoms. The lowest BCUT2D eigenvalue weighted by Crippen LogP contribution is -2.29. The molecule has 116 valence electrons. The molecule has 1 heterocycles. The van der Waals surface area contributed by atoms with Crippen LogP contribution in [0.25, 0.3) is 0 Å². The van der Waals surface area contributed by atoms with E-state index in [2.05, 4.69) is 40.7 Å². The van der Waals surface area contributed by atoms with Gasteiger partial charge in [-0.1, -0.05) is 46.3 Å². The molecule has 1 aliphatic heterocycles. The van der Waals surface area contributed by atoms with Crippen LogP contribution in [0.5, 0.6) is 0 Å². The Morgan fingerprint density at radius 1 is 1.48 bits per heavy atom. The van der Waals surface area contributed by atoms with Crippen LogP contribution in [0, 0.1) is 0 Å². The average molecular weight is 355 g/mol. The van der Waals surface area contributed by atoms with Crippen molar-refractivity contribution >= 4 is 15.9 Å². The number of hydrogen-bond donors (Lipinski definition) is 0. The van der Waals surface area contributed by atoms with Crippen molar-refractivity contribution in [2.45, 2.75) is 43.1 Å². The molecule has 0 aliphatic carbocycles. The summed E-state index contributed by atoms with van der Waals surface area (Å²) in [6, 6.07) is 8.31. The Hall–Kier alpha value is -0.680. The minimum Gasteiger partial charge on any atom is -0.380 e. The van der Waals surface area contributed by atoms with Gasteiger partial charge in [0.2, 0.25) is 0 Å². The first-order valence-corrected chi connectivity index (χ1v) is 8.27. The van der Waals surface area contributed by atoms with E-state index < -0.39 is 0 Å². The Labute approximate surface area is 135 Å². The summed E-state index contributed by atoms with van der Waals surface area (Å²) in [5.74, 6) is 0. The fourth-order valence-electron chi connectivity index (χ4n) is 2.45. The van der Waals surface area contributed by atoms with E-state index in [-0.39, 0.29) is 17.2 Å². The third-order valence-corrected chi connectivity index (χ3v) is 4.60. The Balaban J connectivity index is 2.02. The second kappa shape index (κ2) is 8.69. The van der Waals surface area contributed by atoms with Gasteiger partial charge in [-0.2, -0.15) is 0 Å². The maximum Gasteiger partial charge on any atom is 0.158 e. The first-order valence-electron chi connectivity index (χ1n) is 7.36. The van der Waals surface area contributed by atoms with Crippen LogP contribution in [0.4, 0.5) is 0 Å². The number of alkyl halides is 1. The monoisotopic (exact) mass is 354 g/mol. The van der Waals surface area contributed by atoms with Gasteiger partial charge in [-0.15, -0.1) is 6.58 Å². The molecule has 3 atom stereocenters. The van der Waals surface area contributed by atoms with Crippen LogP contribution in [-0.2, 0) is 20.8 Å². The van der Waals surface area contributed by atoms with Crippen molar-refractivity contribution in [3.8, 4) is 0 Å². The maximum atomic E-state index is 6.04. The summed E-state index contributed by atoms with van der Waals surface area (Å²) in [7, 11) is 1.70. The highest BCUT2D eigenvalue weighted by molar-refractivity contribution is 9.09. The van der Waals surface area contributed by atoms with Gasteiger partial charge in [-0.25, -0.2) is 0 Å². The minimum atomic E-state index is -0.121. The molecule has 0 amide bonds. The number of benzene rings is 1. The van der Waals surface area contributed by atoms with Crippen molar-refractivity contribution in [3.63, 3.8) is 0 Å². The third kappa shape index (κ3) is 4.92. The highest BCUT2D eigenvalue weighted by Gasteiger charge is 2.24. The van der Waals surface area contributed by atoms with E-state index in [1.807, 2.05) is 12.1 Å². The molecule has 0 bridgehead atoms. The largest absolute Gasteiger partial charge is 0.380 e. The van der Waals surface area contributed by atoms with Gasteiger partial charge in [0, 0.05) is 13.7 Å². The maximum absolute atomic E-state index is 6.04. The molecule has 1 aromatic rings. The molecule has 2 rings (SSSR count). The summed E-state index contributed by atoms with van der Waals surface area (Å²) in [6.45, 7) is 5.29. The van der Waals surface area contributed by atoms with Gasteiger partial charge in [0.05, 0.1) is 17.5 Å². The minimum absolute atomic E-state index is 0.0531. The second-order valence-electron chi connectivity index (χ2n) is 5.21. The molecule has 0 spiro atoms. The van der Waals surface area contributed by atoms with Gasteiger partial charge in [-0.05, 0) is 30.4 Å². The molecule has 1 aliphatic rings. The predicted molar refractivity (Wildman–Crippen MR) is 87.5 cm³/mol. The fourth-order valence-corrected chi connectivity index (χ4v) is 3.07. The van der Waals surface area contributed by atoms with Crippen LogP contribution in [0.15, 0.2) is 36.9 Å². The van der Waals surface area contributed by atoms with Crippen molar-refractivity contribution in [2.75, 3.05) is 13.7 Å². The molecule has 1 fully saturated rings. The number of halogens is 1. The van der Waals surface area contributed by atoms with Gasteiger partial charge >= 0.3 is 0 Å². The van der Waals surface area contributed by atoms with Crippen molar-refractivity contribution < 1.29 is 14.2 Å². The molecular formula is C17H23BrO3. The normalized spacial score (nSPS) is 21.7. The van der Waals surface area contributed by atoms with Gasteiger partial charge in [0.25, 0.3) is 0 Å². The Morgan fingerprint density at radius 3 is 3.00 bits per heavy atom. The molecule has 0 N–H and O–H groups in total. The molecule has 0 aromatic heterocycles. The number of hydrogen-bond acceptors (Lipinski definition) is 3. The van der Waals surface area contributed by atoms with E-state index in [1.165, 1.54) is 0 Å². The van der Waals surface area contributed by atoms with Crippen LogP contribution in [0.3, 0.4) is 0 Å². The first-order chi connectivity index (χ1) is 10.2. The average Bonchev–Trinajstić information content (AvgIpc) is 2.53. The molecular weight excluding hydrogens is 332 g/mol. The quantitative estimate of drug-likeness (QED) is 0.537. The van der Waals surface area contributed by atoms with Crippen molar-refractivity contribution in [1.29, 1.82) is 0 Å². The summed E-state index contributed by atoms with van der Waals surface area (Å²) < 4.78 is 16.9. The standard InChI is InChI=1S/C17H23BrO3/c1-3-15(21-16-9-4-5-10-20-16)17(18)14-8-6-7-13(11-14)12-19-2/h3,6-8,11,15-17H,1,4-5,9-10,12H2,2H3. The van der Waals surface area contributed by atoms with Gasteiger partial charge in [0.1, 0.15) is 0 Å². The van der Waals surface area contributed by atoms with Crippen molar-refractivity contribution in [3.05, 3.63) is 48.0 Å². The predicted octanol–water partition coefficient (Wildman–Crippen LogP) is 4.37. The SMILES string of the molecule is C=CC(OC1CCCCO1)C(Br)c1cccc(COC)c1. The molecule has 1 aromatic carbocycles. The molecule has 1 saturated heterocycles. The molecule has 3 unspecified atom stereocenters. The van der Waals surface area contributed by atoms with Gasteiger partial charge < -0.3 is 14.2 Å². The smallest absolute Gasteiger partial charge is 0.158 e. The first kappa shape index (κ1) is 16.7. The lowest BCUT2D eigenvalue weighted by Gasteiger charge is -2.29. The highest BCUT2D eigenvalue weighted by Crippen LogP contribution is 2.31. The Bertz CT molecular complexity index is 443. The molecule has 3 nitrogen and oxygen atoms in total. The summed E-state index contributed by atoms with van der Waals surface area (Å²) in [5.41, 5.74) is 2.31. The number of ether oxygens (including phenoxy) is 3. The lowest BCUT2D eigenvalue weighted by molar-refractivity contribution is -0.178. The third-order valence-electron chi connectivity index (χ3n) is 3.55. The van der Waals surface area contributed by atoms with Crippen molar-refractivity contribution in [2.24, 2.45) is 0 Å². The zero-order valence-electron chi connectivity index (χ0n) is 12.5. The fraction of sp³-hybridized carbons (Fsp3) is 0.529. The van der Waals surface area contributed by atoms with E-state index in [0.29, 0.717) is 6.61 Å². The Kier molecular flexibility index (Phi) is 6.90. The van der Waals surface area contributed by atoms with E-state index in [9.17, 15) is 0 Å². The van der Waals surface area contributed by atoms with E-state index in [0.717, 1.165) is 37.0 Å². The van der Waals surface area contributed by atoms with Gasteiger partial charge in [-0.3, -0.25) is 0 Å².